The summed E-state index contributed by atoms with van der Waals surface area (Å²) in [6, 6.07) is 13.2. The first kappa shape index (κ1) is 19.9. The number of carbonyl (C=O) groups excluding carboxylic acids is 1. The smallest absolute Gasteiger partial charge is 0.247 e. The van der Waals surface area contributed by atoms with Gasteiger partial charge in [-0.1, -0.05) is 30.3 Å². The van der Waals surface area contributed by atoms with Crippen molar-refractivity contribution in [3.63, 3.8) is 0 Å². The van der Waals surface area contributed by atoms with Crippen LogP contribution in [0.5, 0.6) is 5.75 Å². The summed E-state index contributed by atoms with van der Waals surface area (Å²) in [6.45, 7) is 3.70. The van der Waals surface area contributed by atoms with Crippen LogP contribution in [0.15, 0.2) is 60.6 Å². The van der Waals surface area contributed by atoms with E-state index in [2.05, 4.69) is 10.3 Å². The van der Waals surface area contributed by atoms with E-state index >= 15 is 0 Å². The number of hydrogen-bond donors (Lipinski definition) is 2. The number of nitrogens with one attached hydrogen (secondary N) is 1. The first-order valence-electron chi connectivity index (χ1n) is 9.90. The lowest BCUT2D eigenvalue weighted by molar-refractivity contribution is -0.118. The summed E-state index contributed by atoms with van der Waals surface area (Å²) in [4.78, 5) is 17.0. The number of aliphatic hydroxyl groups excluding tert-OH is 1. The Morgan fingerprint density at radius 1 is 1.30 bits per heavy atom. The highest BCUT2D eigenvalue weighted by molar-refractivity contribution is 5.97. The molecule has 0 fully saturated rings. The van der Waals surface area contributed by atoms with Crippen LogP contribution in [0.3, 0.4) is 0 Å². The highest BCUT2D eigenvalue weighted by Crippen LogP contribution is 2.31. The van der Waals surface area contributed by atoms with Gasteiger partial charge in [0.1, 0.15) is 5.75 Å². The number of carbonyl (C=O) groups is 1. The number of benzene rings is 2. The second-order valence-corrected chi connectivity index (χ2v) is 7.60. The molecule has 30 heavy (non-hydrogen) atoms. The molecule has 0 saturated carbocycles. The predicted octanol–water partition coefficient (Wildman–Crippen LogP) is 3.37. The van der Waals surface area contributed by atoms with Gasteiger partial charge in [0.2, 0.25) is 5.91 Å². The number of ether oxygens (including phenoxy) is 1. The summed E-state index contributed by atoms with van der Waals surface area (Å²) in [5.41, 5.74) is 5.26. The fourth-order valence-corrected chi connectivity index (χ4v) is 3.87. The number of rotatable bonds is 5. The van der Waals surface area contributed by atoms with Crippen LogP contribution in [-0.2, 0) is 11.2 Å². The molecule has 1 aliphatic carbocycles. The van der Waals surface area contributed by atoms with Crippen LogP contribution in [0.4, 0.5) is 0 Å². The minimum absolute atomic E-state index is 0.205. The van der Waals surface area contributed by atoms with Gasteiger partial charge in [0.15, 0.2) is 0 Å². The molecule has 2 atom stereocenters. The topological polar surface area (TPSA) is 76.4 Å². The first-order valence-corrected chi connectivity index (χ1v) is 9.90. The van der Waals surface area contributed by atoms with Crippen LogP contribution < -0.4 is 10.1 Å². The number of methoxy groups -OCH3 is 1. The molecule has 2 aromatic carbocycles. The SMILES string of the molecule is COc1cc(C=C(C)C(=O)N[C@@H]2c3ccccc3C[C@@H]2O)ccc1-n1cnc(C)c1. The molecule has 3 aromatic rings. The van der Waals surface area contributed by atoms with Gasteiger partial charge in [-0.2, -0.15) is 0 Å². The number of aryl methyl sites for hydroxylation is 1. The second-order valence-electron chi connectivity index (χ2n) is 7.60. The van der Waals surface area contributed by atoms with Gasteiger partial charge in [-0.15, -0.1) is 0 Å². The molecule has 4 rings (SSSR count). The third kappa shape index (κ3) is 3.86. The van der Waals surface area contributed by atoms with Crippen LogP contribution in [0.1, 0.15) is 35.3 Å². The normalized spacial score (nSPS) is 18.2. The van der Waals surface area contributed by atoms with E-state index in [0.29, 0.717) is 17.7 Å². The molecule has 0 aliphatic heterocycles. The number of aromatic nitrogens is 2. The summed E-state index contributed by atoms with van der Waals surface area (Å²) >= 11 is 0. The van der Waals surface area contributed by atoms with Crippen molar-refractivity contribution in [3.05, 3.63) is 82.9 Å². The van der Waals surface area contributed by atoms with Crippen LogP contribution in [0.25, 0.3) is 11.8 Å². The molecule has 0 spiro atoms. The average molecular weight is 403 g/mol. The fraction of sp³-hybridized carbons (Fsp3) is 0.250. The van der Waals surface area contributed by atoms with Crippen molar-refractivity contribution < 1.29 is 14.6 Å². The zero-order valence-electron chi connectivity index (χ0n) is 17.3. The van der Waals surface area contributed by atoms with E-state index in [9.17, 15) is 9.90 Å². The Labute approximate surface area is 175 Å². The van der Waals surface area contributed by atoms with Crippen LogP contribution in [0, 0.1) is 6.92 Å². The van der Waals surface area contributed by atoms with E-state index in [-0.39, 0.29) is 5.91 Å². The van der Waals surface area contributed by atoms with Crippen molar-refractivity contribution in [2.45, 2.75) is 32.4 Å². The molecule has 0 radical (unpaired) electrons. The van der Waals surface area contributed by atoms with Gasteiger partial charge in [-0.3, -0.25) is 4.79 Å². The van der Waals surface area contributed by atoms with Crippen LogP contribution in [0.2, 0.25) is 0 Å². The molecule has 1 amide bonds. The first-order chi connectivity index (χ1) is 14.5. The molecule has 1 heterocycles. The third-order valence-corrected chi connectivity index (χ3v) is 5.43. The summed E-state index contributed by atoms with van der Waals surface area (Å²) in [6.07, 6.45) is 5.42. The molecule has 6 nitrogen and oxygen atoms in total. The van der Waals surface area contributed by atoms with E-state index < -0.39 is 12.1 Å². The number of aliphatic hydroxyl groups is 1. The van der Waals surface area contributed by atoms with Crippen molar-refractivity contribution in [1.29, 1.82) is 0 Å². The lowest BCUT2D eigenvalue weighted by atomic mass is 10.1. The zero-order valence-corrected chi connectivity index (χ0v) is 17.3. The van der Waals surface area contributed by atoms with Crippen molar-refractivity contribution in [3.8, 4) is 11.4 Å². The lowest BCUT2D eigenvalue weighted by Crippen LogP contribution is -2.34. The van der Waals surface area contributed by atoms with Gasteiger partial charge >= 0.3 is 0 Å². The predicted molar refractivity (Wildman–Crippen MR) is 116 cm³/mol. The Bertz CT molecular complexity index is 1120. The van der Waals surface area contributed by atoms with E-state index in [0.717, 1.165) is 28.1 Å². The Morgan fingerprint density at radius 3 is 2.83 bits per heavy atom. The molecular weight excluding hydrogens is 378 g/mol. The molecule has 0 unspecified atom stereocenters. The molecule has 6 heteroatoms. The Kier molecular flexibility index (Phi) is 5.42. The summed E-state index contributed by atoms with van der Waals surface area (Å²) in [5, 5.41) is 13.4. The van der Waals surface area contributed by atoms with Gasteiger partial charge < -0.3 is 19.7 Å². The highest BCUT2D eigenvalue weighted by Gasteiger charge is 2.31. The maximum Gasteiger partial charge on any atom is 0.247 e. The van der Waals surface area contributed by atoms with Gasteiger partial charge in [0.05, 0.1) is 37.0 Å². The largest absolute Gasteiger partial charge is 0.495 e. The number of hydrogen-bond acceptors (Lipinski definition) is 4. The summed E-state index contributed by atoms with van der Waals surface area (Å²) in [7, 11) is 1.62. The van der Waals surface area contributed by atoms with E-state index in [1.165, 1.54) is 0 Å². The molecule has 0 bridgehead atoms. The van der Waals surface area contributed by atoms with Crippen molar-refractivity contribution in [2.75, 3.05) is 7.11 Å². The quantitative estimate of drug-likeness (QED) is 0.641. The van der Waals surface area contributed by atoms with Crippen molar-refractivity contribution >= 4 is 12.0 Å². The highest BCUT2D eigenvalue weighted by atomic mass is 16.5. The monoisotopic (exact) mass is 403 g/mol. The number of fused-ring (bicyclic) bond motifs is 1. The maximum absolute atomic E-state index is 12.8. The lowest BCUT2D eigenvalue weighted by Gasteiger charge is -2.18. The molecule has 1 aliphatic rings. The number of nitrogens with zero attached hydrogens (tertiary/aromatic N) is 2. The maximum atomic E-state index is 12.8. The van der Waals surface area contributed by atoms with E-state index in [1.807, 2.05) is 66.2 Å². The van der Waals surface area contributed by atoms with E-state index in [4.69, 9.17) is 4.74 Å². The second kappa shape index (κ2) is 8.16. The Morgan fingerprint density at radius 2 is 2.10 bits per heavy atom. The molecule has 0 saturated heterocycles. The Hall–Kier alpha value is -3.38. The summed E-state index contributed by atoms with van der Waals surface area (Å²) in [5.74, 6) is 0.485. The van der Waals surface area contributed by atoms with Gasteiger partial charge in [0.25, 0.3) is 0 Å². The number of amides is 1. The van der Waals surface area contributed by atoms with Gasteiger partial charge in [0, 0.05) is 18.2 Å². The minimum Gasteiger partial charge on any atom is -0.495 e. The Balaban J connectivity index is 1.54. The van der Waals surface area contributed by atoms with Gasteiger partial charge in [-0.25, -0.2) is 4.98 Å². The van der Waals surface area contributed by atoms with Crippen LogP contribution in [-0.4, -0.2) is 33.8 Å². The van der Waals surface area contributed by atoms with Crippen LogP contribution >= 0.6 is 0 Å². The molecule has 154 valence electrons. The standard InChI is InChI=1S/C24H25N3O3/c1-15(24(29)26-23-19-7-5-4-6-18(19)12-21(23)28)10-17-8-9-20(22(11-17)30-3)27-13-16(2)25-14-27/h4-11,13-14,21,23,28H,12H2,1-3H3,(H,26,29)/t21-,23+/m0/s1. The minimum atomic E-state index is -0.614. The van der Waals surface area contributed by atoms with E-state index in [1.54, 1.807) is 20.4 Å². The van der Waals surface area contributed by atoms with Crippen molar-refractivity contribution in [1.82, 2.24) is 14.9 Å². The average Bonchev–Trinajstić information content (AvgIpc) is 3.31. The third-order valence-electron chi connectivity index (χ3n) is 5.43. The molecule has 2 N–H and O–H groups in total. The van der Waals surface area contributed by atoms with Gasteiger partial charge in [-0.05, 0) is 48.7 Å². The molecular formula is C24H25N3O3. The fourth-order valence-electron chi connectivity index (χ4n) is 3.87. The zero-order chi connectivity index (χ0) is 21.3. The molecule has 1 aromatic heterocycles. The van der Waals surface area contributed by atoms with Crippen molar-refractivity contribution in [2.24, 2.45) is 0 Å². The number of imidazole rings is 1. The summed E-state index contributed by atoms with van der Waals surface area (Å²) < 4.78 is 7.44.